The van der Waals surface area contributed by atoms with Gasteiger partial charge < -0.3 is 20.5 Å². The van der Waals surface area contributed by atoms with Crippen molar-refractivity contribution in [3.05, 3.63) is 53.1 Å². The number of aromatic nitrogens is 1. The number of hydrogen-bond acceptors (Lipinski definition) is 5. The second-order valence-corrected chi connectivity index (χ2v) is 7.84. The fourth-order valence-corrected chi connectivity index (χ4v) is 3.91. The van der Waals surface area contributed by atoms with E-state index in [-0.39, 0.29) is 5.56 Å². The van der Waals surface area contributed by atoms with Crippen LogP contribution in [0.4, 0.5) is 32.0 Å². The van der Waals surface area contributed by atoms with Crippen LogP contribution in [-0.4, -0.2) is 41.8 Å². The fourth-order valence-electron chi connectivity index (χ4n) is 3.91. The molecule has 1 aromatic heterocycles. The molecule has 0 spiro atoms. The van der Waals surface area contributed by atoms with Crippen LogP contribution in [0.2, 0.25) is 0 Å². The number of benzene rings is 1. The van der Waals surface area contributed by atoms with Gasteiger partial charge in [-0.2, -0.15) is 17.6 Å². The van der Waals surface area contributed by atoms with Gasteiger partial charge in [0.2, 0.25) is 5.82 Å². The molecule has 2 amide bonds. The molecule has 1 aromatic carbocycles. The highest BCUT2D eigenvalue weighted by molar-refractivity contribution is 5.97. The Hall–Kier alpha value is -3.35. The predicted molar refractivity (Wildman–Crippen MR) is 105 cm³/mol. The van der Waals surface area contributed by atoms with Crippen LogP contribution in [0.3, 0.4) is 0 Å². The number of rotatable bonds is 5. The van der Waals surface area contributed by atoms with Crippen LogP contribution in [0.15, 0.2) is 24.4 Å². The number of alkyl halides is 3. The second kappa shape index (κ2) is 8.78. The molecule has 184 valence electrons. The van der Waals surface area contributed by atoms with E-state index in [0.717, 1.165) is 26.2 Å². The van der Waals surface area contributed by atoms with Gasteiger partial charge in [-0.25, -0.2) is 13.8 Å². The number of amides is 2. The van der Waals surface area contributed by atoms with Crippen LogP contribution < -0.4 is 15.8 Å². The summed E-state index contributed by atoms with van der Waals surface area (Å²) in [6.07, 6.45) is -6.32. The van der Waals surface area contributed by atoms with E-state index in [1.54, 1.807) is 0 Å². The van der Waals surface area contributed by atoms with Gasteiger partial charge in [0.25, 0.3) is 11.8 Å². The van der Waals surface area contributed by atoms with Crippen molar-refractivity contribution >= 4 is 17.5 Å². The first-order valence-corrected chi connectivity index (χ1v) is 9.75. The smallest absolute Gasteiger partial charge is 0.417 e. The van der Waals surface area contributed by atoms with Crippen molar-refractivity contribution in [2.45, 2.75) is 37.6 Å². The first-order chi connectivity index (χ1) is 15.7. The Labute approximate surface area is 189 Å². The molecule has 0 unspecified atom stereocenters. The quantitative estimate of drug-likeness (QED) is 0.622. The molecule has 0 bridgehead atoms. The first kappa shape index (κ1) is 25.3. The summed E-state index contributed by atoms with van der Waals surface area (Å²) >= 11 is 0. The molecule has 2 aromatic rings. The lowest BCUT2D eigenvalue weighted by molar-refractivity contribution is -0.272. The highest BCUT2D eigenvalue weighted by Crippen LogP contribution is 2.55. The van der Waals surface area contributed by atoms with Gasteiger partial charge in [0.15, 0.2) is 23.0 Å². The summed E-state index contributed by atoms with van der Waals surface area (Å²) in [5, 5.41) is 2.06. The predicted octanol–water partition coefficient (Wildman–Crippen LogP) is 3.68. The summed E-state index contributed by atoms with van der Waals surface area (Å²) < 4.78 is 94.1. The summed E-state index contributed by atoms with van der Waals surface area (Å²) in [4.78, 5) is 27.8. The highest BCUT2D eigenvalue weighted by Gasteiger charge is 2.66. The number of halogens is 6. The van der Waals surface area contributed by atoms with Gasteiger partial charge in [0, 0.05) is 17.4 Å². The zero-order chi connectivity index (χ0) is 25.6. The molecule has 3 N–H and O–H groups in total. The summed E-state index contributed by atoms with van der Waals surface area (Å²) in [6.45, 7) is 1.84. The largest absolute Gasteiger partial charge is 0.493 e. The molecule has 1 aliphatic heterocycles. The maximum Gasteiger partial charge on any atom is 0.417 e. The molecule has 2 heterocycles. The average molecular weight is 491 g/mol. The maximum atomic E-state index is 14.4. The third-order valence-corrected chi connectivity index (χ3v) is 5.94. The van der Waals surface area contributed by atoms with E-state index in [1.807, 2.05) is 0 Å². The van der Waals surface area contributed by atoms with Gasteiger partial charge in [0.05, 0.1) is 19.0 Å². The van der Waals surface area contributed by atoms with E-state index in [2.05, 4.69) is 10.3 Å². The fraction of sp³-hybridized carbons (Fsp3) is 0.381. The molecular formula is C21H19F6N3O4. The molecule has 4 atom stereocenters. The summed E-state index contributed by atoms with van der Waals surface area (Å²) in [7, 11) is 0.984. The standard InChI is InChI=1S/C21H19F6N3O4/c1-8-14(9-4-5-10(22)15(24)16(9)33-3)17(34-20(8,2)21(25,26)27)19(32)30-12-6-13(18(28)31)29-7-11(12)23/h4-8,14,17H,1-3H3,(H2,28,31)(H,29,30,32)/t8-,14+,17+,20-/m1/s1. The van der Waals surface area contributed by atoms with E-state index < -0.39 is 76.1 Å². The Bertz CT molecular complexity index is 1140. The number of pyridine rings is 1. The average Bonchev–Trinajstić information content (AvgIpc) is 3.03. The van der Waals surface area contributed by atoms with Gasteiger partial charge in [-0.1, -0.05) is 13.0 Å². The van der Waals surface area contributed by atoms with Crippen LogP contribution in [-0.2, 0) is 9.53 Å². The molecule has 1 fully saturated rings. The number of ether oxygens (including phenoxy) is 2. The van der Waals surface area contributed by atoms with Gasteiger partial charge in [-0.3, -0.25) is 9.59 Å². The molecule has 34 heavy (non-hydrogen) atoms. The summed E-state index contributed by atoms with van der Waals surface area (Å²) in [5.74, 6) is -9.85. The number of anilines is 1. The van der Waals surface area contributed by atoms with Gasteiger partial charge in [0.1, 0.15) is 11.8 Å². The minimum atomic E-state index is -4.97. The molecule has 0 radical (unpaired) electrons. The minimum absolute atomic E-state index is 0.255. The van der Waals surface area contributed by atoms with Crippen molar-refractivity contribution in [3.63, 3.8) is 0 Å². The third-order valence-electron chi connectivity index (χ3n) is 5.94. The number of carbonyl (C=O) groups is 2. The number of hydrogen-bond donors (Lipinski definition) is 2. The van der Waals surface area contributed by atoms with Crippen molar-refractivity contribution in [2.24, 2.45) is 11.7 Å². The Morgan fingerprint density at radius 1 is 1.21 bits per heavy atom. The summed E-state index contributed by atoms with van der Waals surface area (Å²) in [5.41, 5.74) is 0.923. The van der Waals surface area contributed by atoms with Crippen LogP contribution >= 0.6 is 0 Å². The van der Waals surface area contributed by atoms with E-state index in [4.69, 9.17) is 15.2 Å². The molecule has 3 rings (SSSR count). The molecule has 1 saturated heterocycles. The topological polar surface area (TPSA) is 104 Å². The normalized spacial score (nSPS) is 24.7. The monoisotopic (exact) mass is 491 g/mol. The Kier molecular flexibility index (Phi) is 6.53. The lowest BCUT2D eigenvalue weighted by Crippen LogP contribution is -2.47. The number of nitrogens with one attached hydrogen (secondary N) is 1. The van der Waals surface area contributed by atoms with Gasteiger partial charge in [-0.15, -0.1) is 0 Å². The molecule has 1 aliphatic rings. The number of primary amides is 1. The number of nitrogens with zero attached hydrogens (tertiary/aromatic N) is 1. The van der Waals surface area contributed by atoms with Crippen molar-refractivity contribution in [2.75, 3.05) is 12.4 Å². The first-order valence-electron chi connectivity index (χ1n) is 9.75. The van der Waals surface area contributed by atoms with E-state index in [9.17, 15) is 35.9 Å². The Morgan fingerprint density at radius 2 is 1.85 bits per heavy atom. The third kappa shape index (κ3) is 4.15. The number of methoxy groups -OCH3 is 1. The van der Waals surface area contributed by atoms with Crippen molar-refractivity contribution in [1.29, 1.82) is 0 Å². The van der Waals surface area contributed by atoms with E-state index in [1.165, 1.54) is 0 Å². The Morgan fingerprint density at radius 3 is 2.41 bits per heavy atom. The number of nitrogens with two attached hydrogens (primary N) is 1. The highest BCUT2D eigenvalue weighted by atomic mass is 19.4. The van der Waals surface area contributed by atoms with Crippen LogP contribution in [0.5, 0.6) is 5.75 Å². The Balaban J connectivity index is 2.10. The molecule has 7 nitrogen and oxygen atoms in total. The lowest BCUT2D eigenvalue weighted by Gasteiger charge is -2.32. The molecular weight excluding hydrogens is 472 g/mol. The van der Waals surface area contributed by atoms with E-state index in [0.29, 0.717) is 19.2 Å². The minimum Gasteiger partial charge on any atom is -0.493 e. The van der Waals surface area contributed by atoms with E-state index >= 15 is 0 Å². The zero-order valence-corrected chi connectivity index (χ0v) is 18.0. The SMILES string of the molecule is COc1c([C@H]2[C@@H](C(=O)Nc3cc(C(N)=O)ncc3F)O[C@@](C)(C(F)(F)F)[C@@H]2C)ccc(F)c1F. The van der Waals surface area contributed by atoms with Crippen LogP contribution in [0, 0.1) is 23.4 Å². The zero-order valence-electron chi connectivity index (χ0n) is 18.0. The molecule has 0 saturated carbocycles. The summed E-state index contributed by atoms with van der Waals surface area (Å²) in [6, 6.07) is 2.46. The lowest BCUT2D eigenvalue weighted by atomic mass is 9.77. The van der Waals surface area contributed by atoms with Crippen molar-refractivity contribution in [1.82, 2.24) is 4.98 Å². The van der Waals surface area contributed by atoms with Crippen molar-refractivity contribution < 1.29 is 45.4 Å². The molecule has 13 heteroatoms. The maximum absolute atomic E-state index is 14.4. The van der Waals surface area contributed by atoms with Crippen molar-refractivity contribution in [3.8, 4) is 5.75 Å². The number of carbonyl (C=O) groups excluding carboxylic acids is 2. The van der Waals surface area contributed by atoms with Gasteiger partial charge >= 0.3 is 6.18 Å². The van der Waals surface area contributed by atoms with Gasteiger partial charge in [-0.05, 0) is 19.1 Å². The second-order valence-electron chi connectivity index (χ2n) is 7.84. The molecule has 0 aliphatic carbocycles. The van der Waals surface area contributed by atoms with Crippen LogP contribution in [0.25, 0.3) is 0 Å². The van der Waals surface area contributed by atoms with Crippen LogP contribution in [0.1, 0.15) is 35.8 Å².